The molecule has 1 N–H and O–H groups in total. The van der Waals surface area contributed by atoms with Gasteiger partial charge in [-0.1, -0.05) is 0 Å². The molecule has 0 atom stereocenters. The topological polar surface area (TPSA) is 56.7 Å². The van der Waals surface area contributed by atoms with Gasteiger partial charge in [0.1, 0.15) is 0 Å². The number of hydrogen-bond acceptors (Lipinski definition) is 3. The minimum Gasteiger partial charge on any atom is -0.465 e. The summed E-state index contributed by atoms with van der Waals surface area (Å²) in [5.41, 5.74) is -0.439. The number of amides is 1. The molecule has 0 aliphatic carbocycles. The quantitative estimate of drug-likeness (QED) is 0.850. The van der Waals surface area contributed by atoms with Crippen LogP contribution in [0.1, 0.15) is 5.56 Å². The van der Waals surface area contributed by atoms with Gasteiger partial charge < -0.3 is 14.9 Å². The SMILES string of the molecule is O=C(O)N1CCN(c2cncc(C(F)(F)F)c2)CC1. The van der Waals surface area contributed by atoms with Crippen molar-refractivity contribution in [3.63, 3.8) is 0 Å². The fourth-order valence-electron chi connectivity index (χ4n) is 1.91. The summed E-state index contributed by atoms with van der Waals surface area (Å²) in [5, 5.41) is 8.79. The van der Waals surface area contributed by atoms with Crippen molar-refractivity contribution < 1.29 is 23.1 Å². The van der Waals surface area contributed by atoms with Crippen LogP contribution in [0.5, 0.6) is 0 Å². The third-order valence-corrected chi connectivity index (χ3v) is 2.97. The molecule has 1 amide bonds. The van der Waals surface area contributed by atoms with Crippen LogP contribution >= 0.6 is 0 Å². The van der Waals surface area contributed by atoms with Crippen LogP contribution in [0.3, 0.4) is 0 Å². The Balaban J connectivity index is 2.10. The Morgan fingerprint density at radius 3 is 2.37 bits per heavy atom. The average Bonchev–Trinajstić information content (AvgIpc) is 2.38. The zero-order chi connectivity index (χ0) is 14.0. The van der Waals surface area contributed by atoms with Gasteiger partial charge in [-0.25, -0.2) is 4.79 Å². The fourth-order valence-corrected chi connectivity index (χ4v) is 1.91. The number of rotatable bonds is 1. The highest BCUT2D eigenvalue weighted by atomic mass is 19.4. The van der Waals surface area contributed by atoms with E-state index in [4.69, 9.17) is 5.11 Å². The van der Waals surface area contributed by atoms with Crippen molar-refractivity contribution in [1.82, 2.24) is 9.88 Å². The highest BCUT2D eigenvalue weighted by Crippen LogP contribution is 2.31. The number of alkyl halides is 3. The van der Waals surface area contributed by atoms with Gasteiger partial charge in [0, 0.05) is 32.4 Å². The highest BCUT2D eigenvalue weighted by molar-refractivity contribution is 5.65. The summed E-state index contributed by atoms with van der Waals surface area (Å²) >= 11 is 0. The molecule has 0 bridgehead atoms. The first-order valence-electron chi connectivity index (χ1n) is 5.63. The van der Waals surface area contributed by atoms with Gasteiger partial charge in [-0.3, -0.25) is 4.98 Å². The average molecular weight is 275 g/mol. The first kappa shape index (κ1) is 13.4. The zero-order valence-electron chi connectivity index (χ0n) is 9.89. The van der Waals surface area contributed by atoms with Crippen LogP contribution in [0.2, 0.25) is 0 Å². The van der Waals surface area contributed by atoms with Crippen LogP contribution in [-0.2, 0) is 6.18 Å². The van der Waals surface area contributed by atoms with Gasteiger partial charge in [0.15, 0.2) is 0 Å². The van der Waals surface area contributed by atoms with Crippen molar-refractivity contribution in [2.75, 3.05) is 31.1 Å². The van der Waals surface area contributed by atoms with E-state index in [1.807, 2.05) is 0 Å². The van der Waals surface area contributed by atoms with Crippen molar-refractivity contribution in [3.8, 4) is 0 Å². The van der Waals surface area contributed by atoms with E-state index in [0.29, 0.717) is 18.8 Å². The van der Waals surface area contributed by atoms with Gasteiger partial charge in [0.05, 0.1) is 17.4 Å². The van der Waals surface area contributed by atoms with Crippen LogP contribution < -0.4 is 4.90 Å². The van der Waals surface area contributed by atoms with Gasteiger partial charge in [-0.05, 0) is 6.07 Å². The Labute approximate surface area is 107 Å². The molecule has 0 aromatic carbocycles. The molecule has 1 saturated heterocycles. The number of carbonyl (C=O) groups is 1. The molecular weight excluding hydrogens is 263 g/mol. The first-order chi connectivity index (χ1) is 8.88. The summed E-state index contributed by atoms with van der Waals surface area (Å²) in [7, 11) is 0. The van der Waals surface area contributed by atoms with E-state index in [1.165, 1.54) is 11.1 Å². The zero-order valence-corrected chi connectivity index (χ0v) is 9.89. The molecule has 5 nitrogen and oxygen atoms in total. The number of hydrogen-bond donors (Lipinski definition) is 1. The maximum Gasteiger partial charge on any atom is 0.417 e. The molecular formula is C11H12F3N3O2. The summed E-state index contributed by atoms with van der Waals surface area (Å²) in [6, 6.07) is 1.03. The van der Waals surface area contributed by atoms with Gasteiger partial charge in [0.2, 0.25) is 0 Å². The molecule has 1 fully saturated rings. The number of piperazine rings is 1. The maximum atomic E-state index is 12.6. The second-order valence-electron chi connectivity index (χ2n) is 4.19. The van der Waals surface area contributed by atoms with Crippen molar-refractivity contribution in [2.24, 2.45) is 0 Å². The number of aromatic nitrogens is 1. The Morgan fingerprint density at radius 2 is 1.84 bits per heavy atom. The van der Waals surface area contributed by atoms with E-state index in [-0.39, 0.29) is 13.1 Å². The second-order valence-corrected chi connectivity index (χ2v) is 4.19. The largest absolute Gasteiger partial charge is 0.465 e. The molecule has 0 radical (unpaired) electrons. The maximum absolute atomic E-state index is 12.6. The number of anilines is 1. The lowest BCUT2D eigenvalue weighted by Gasteiger charge is -2.34. The smallest absolute Gasteiger partial charge is 0.417 e. The molecule has 2 rings (SSSR count). The molecule has 0 spiro atoms. The fraction of sp³-hybridized carbons (Fsp3) is 0.455. The molecule has 2 heterocycles. The van der Waals surface area contributed by atoms with E-state index in [9.17, 15) is 18.0 Å². The molecule has 1 aromatic heterocycles. The number of halogens is 3. The normalized spacial score (nSPS) is 16.6. The Bertz CT molecular complexity index is 470. The summed E-state index contributed by atoms with van der Waals surface area (Å²) in [4.78, 5) is 17.2. The first-order valence-corrected chi connectivity index (χ1v) is 5.63. The van der Waals surface area contributed by atoms with Gasteiger partial charge in [0.25, 0.3) is 0 Å². The van der Waals surface area contributed by atoms with Crippen molar-refractivity contribution in [1.29, 1.82) is 0 Å². The molecule has 8 heteroatoms. The number of pyridine rings is 1. The van der Waals surface area contributed by atoms with E-state index in [0.717, 1.165) is 12.3 Å². The standard InChI is InChI=1S/C11H12F3N3O2/c12-11(13,14)8-5-9(7-15-6-8)16-1-3-17(4-2-16)10(18)19/h5-7H,1-4H2,(H,18,19). The molecule has 1 aliphatic rings. The Kier molecular flexibility index (Phi) is 3.50. The lowest BCUT2D eigenvalue weighted by molar-refractivity contribution is -0.137. The van der Waals surface area contributed by atoms with Gasteiger partial charge >= 0.3 is 12.3 Å². The minimum atomic E-state index is -4.42. The lowest BCUT2D eigenvalue weighted by Crippen LogP contribution is -2.48. The third kappa shape index (κ3) is 3.07. The minimum absolute atomic E-state index is 0.269. The highest BCUT2D eigenvalue weighted by Gasteiger charge is 2.31. The monoisotopic (exact) mass is 275 g/mol. The summed E-state index contributed by atoms with van der Waals surface area (Å²) in [6.45, 7) is 1.25. The molecule has 1 aromatic rings. The molecule has 1 aliphatic heterocycles. The van der Waals surface area contributed by atoms with Crippen LogP contribution in [-0.4, -0.2) is 47.3 Å². The predicted octanol–water partition coefficient (Wildman–Crippen LogP) is 1.90. The van der Waals surface area contributed by atoms with Crippen LogP contribution in [0.4, 0.5) is 23.7 Å². The third-order valence-electron chi connectivity index (χ3n) is 2.97. The van der Waals surface area contributed by atoms with Crippen molar-refractivity contribution in [2.45, 2.75) is 6.18 Å². The molecule has 0 saturated carbocycles. The van der Waals surface area contributed by atoms with E-state index >= 15 is 0 Å². The predicted molar refractivity (Wildman–Crippen MR) is 61.0 cm³/mol. The summed E-state index contributed by atoms with van der Waals surface area (Å²) in [6.07, 6.45) is -3.31. The summed E-state index contributed by atoms with van der Waals surface area (Å²) < 4.78 is 37.7. The summed E-state index contributed by atoms with van der Waals surface area (Å²) in [5.74, 6) is 0. The van der Waals surface area contributed by atoms with Crippen molar-refractivity contribution in [3.05, 3.63) is 24.0 Å². The molecule has 19 heavy (non-hydrogen) atoms. The van der Waals surface area contributed by atoms with E-state index in [1.54, 1.807) is 4.90 Å². The van der Waals surface area contributed by atoms with E-state index < -0.39 is 17.8 Å². The Hall–Kier alpha value is -1.99. The van der Waals surface area contributed by atoms with Crippen molar-refractivity contribution >= 4 is 11.8 Å². The van der Waals surface area contributed by atoms with Crippen LogP contribution in [0.15, 0.2) is 18.5 Å². The lowest BCUT2D eigenvalue weighted by atomic mass is 10.2. The van der Waals surface area contributed by atoms with Crippen LogP contribution in [0, 0.1) is 0 Å². The molecule has 104 valence electrons. The molecule has 0 unspecified atom stereocenters. The van der Waals surface area contributed by atoms with Crippen LogP contribution in [0.25, 0.3) is 0 Å². The number of nitrogens with zero attached hydrogens (tertiary/aromatic N) is 3. The van der Waals surface area contributed by atoms with Gasteiger partial charge in [-0.2, -0.15) is 13.2 Å². The number of carboxylic acid groups (broad SMARTS) is 1. The second kappa shape index (κ2) is 4.94. The van der Waals surface area contributed by atoms with Gasteiger partial charge in [-0.15, -0.1) is 0 Å². The van der Waals surface area contributed by atoms with E-state index in [2.05, 4.69) is 4.98 Å². The Morgan fingerprint density at radius 1 is 1.21 bits per heavy atom.